The minimum atomic E-state index is -0.0925. The van der Waals surface area contributed by atoms with Crippen molar-refractivity contribution >= 4 is 27.3 Å². The van der Waals surface area contributed by atoms with Gasteiger partial charge >= 0.3 is 0 Å². The Labute approximate surface area is 125 Å². The summed E-state index contributed by atoms with van der Waals surface area (Å²) in [6, 6.07) is 9.76. The van der Waals surface area contributed by atoms with Gasteiger partial charge in [-0.05, 0) is 25.0 Å². The summed E-state index contributed by atoms with van der Waals surface area (Å²) in [6.07, 6.45) is 1.55. The van der Waals surface area contributed by atoms with Gasteiger partial charge in [0.05, 0.1) is 23.1 Å². The first-order chi connectivity index (χ1) is 10.1. The summed E-state index contributed by atoms with van der Waals surface area (Å²) < 4.78 is 1.58. The van der Waals surface area contributed by atoms with Gasteiger partial charge in [-0.25, -0.2) is 4.98 Å². The van der Waals surface area contributed by atoms with Crippen LogP contribution in [0.1, 0.15) is 27.7 Å². The van der Waals surface area contributed by atoms with Crippen molar-refractivity contribution in [1.82, 2.24) is 9.55 Å². The number of Topliss-reactive ketones (excluding diaryl/α,β-unsaturated/α-hetero) is 1. The molecule has 0 fully saturated rings. The summed E-state index contributed by atoms with van der Waals surface area (Å²) in [5, 5.41) is 0.559. The molecule has 1 aromatic carbocycles. The molecule has 0 bridgehead atoms. The summed E-state index contributed by atoms with van der Waals surface area (Å²) >= 11 is 1.29. The fourth-order valence-corrected chi connectivity index (χ4v) is 3.42. The molecule has 3 aromatic rings. The van der Waals surface area contributed by atoms with E-state index in [0.29, 0.717) is 21.6 Å². The number of thiophene rings is 1. The number of benzene rings is 1. The highest BCUT2D eigenvalue weighted by atomic mass is 32.1. The third-order valence-corrected chi connectivity index (χ3v) is 4.73. The van der Waals surface area contributed by atoms with Crippen molar-refractivity contribution < 1.29 is 4.79 Å². The Bertz CT molecular complexity index is 878. The molecule has 0 radical (unpaired) electrons. The Kier molecular flexibility index (Phi) is 3.43. The van der Waals surface area contributed by atoms with Crippen LogP contribution in [0.25, 0.3) is 10.2 Å². The molecule has 0 N–H and O–H groups in total. The molecule has 0 unspecified atom stereocenters. The Morgan fingerprint density at radius 2 is 2.00 bits per heavy atom. The smallest absolute Gasteiger partial charge is 0.262 e. The molecule has 0 saturated carbocycles. The fourth-order valence-electron chi connectivity index (χ4n) is 2.39. The van der Waals surface area contributed by atoms with E-state index in [1.54, 1.807) is 10.9 Å². The number of hydrogen-bond acceptors (Lipinski definition) is 4. The lowest BCUT2D eigenvalue weighted by Crippen LogP contribution is -2.21. The zero-order chi connectivity index (χ0) is 15.0. The highest BCUT2D eigenvalue weighted by molar-refractivity contribution is 7.20. The lowest BCUT2D eigenvalue weighted by Gasteiger charge is -2.05. The van der Waals surface area contributed by atoms with Gasteiger partial charge in [0.1, 0.15) is 4.83 Å². The Morgan fingerprint density at radius 3 is 2.67 bits per heavy atom. The van der Waals surface area contributed by atoms with Gasteiger partial charge in [0.2, 0.25) is 0 Å². The van der Waals surface area contributed by atoms with Crippen LogP contribution in [0.2, 0.25) is 0 Å². The number of aryl methyl sites for hydroxylation is 1. The van der Waals surface area contributed by atoms with E-state index in [-0.39, 0.29) is 11.3 Å². The molecule has 5 heteroatoms. The molecule has 4 nitrogen and oxygen atoms in total. The van der Waals surface area contributed by atoms with Crippen LogP contribution in [-0.2, 0) is 6.54 Å². The molecule has 3 rings (SSSR count). The minimum Gasteiger partial charge on any atom is -0.294 e. The normalized spacial score (nSPS) is 11.0. The van der Waals surface area contributed by atoms with Gasteiger partial charge in [0.15, 0.2) is 5.78 Å². The number of hydrogen-bond donors (Lipinski definition) is 0. The predicted molar refractivity (Wildman–Crippen MR) is 84.2 cm³/mol. The molecular formula is C16H14N2O2S. The molecule has 0 spiro atoms. The first-order valence-corrected chi connectivity index (χ1v) is 7.43. The molecule has 106 valence electrons. The first kappa shape index (κ1) is 13.7. The van der Waals surface area contributed by atoms with Crippen LogP contribution < -0.4 is 5.56 Å². The van der Waals surface area contributed by atoms with Crippen LogP contribution in [0.3, 0.4) is 0 Å². The molecule has 2 heterocycles. The second-order valence-electron chi connectivity index (χ2n) is 4.96. The highest BCUT2D eigenvalue weighted by Crippen LogP contribution is 2.27. The van der Waals surface area contributed by atoms with Gasteiger partial charge in [-0.1, -0.05) is 30.3 Å². The second kappa shape index (κ2) is 5.26. The summed E-state index contributed by atoms with van der Waals surface area (Å²) in [6.45, 7) is 3.80. The first-order valence-electron chi connectivity index (χ1n) is 6.61. The van der Waals surface area contributed by atoms with E-state index in [1.165, 1.54) is 18.3 Å². The van der Waals surface area contributed by atoms with E-state index in [9.17, 15) is 9.59 Å². The number of nitrogens with zero attached hydrogens (tertiary/aromatic N) is 2. The Hall–Kier alpha value is -2.27. The van der Waals surface area contributed by atoms with E-state index in [2.05, 4.69) is 4.98 Å². The van der Waals surface area contributed by atoms with Crippen molar-refractivity contribution in [3.8, 4) is 0 Å². The predicted octanol–water partition coefficient (Wildman–Crippen LogP) is 3.02. The third-order valence-electron chi connectivity index (χ3n) is 3.43. The number of carbonyl (C=O) groups is 1. The molecule has 0 saturated heterocycles. The molecule has 0 atom stereocenters. The maximum Gasteiger partial charge on any atom is 0.262 e. The molecule has 2 aromatic heterocycles. The molecule has 21 heavy (non-hydrogen) atoms. The van der Waals surface area contributed by atoms with E-state index in [1.807, 2.05) is 37.3 Å². The average Bonchev–Trinajstić information content (AvgIpc) is 2.81. The van der Waals surface area contributed by atoms with E-state index in [4.69, 9.17) is 0 Å². The minimum absolute atomic E-state index is 0.0236. The summed E-state index contributed by atoms with van der Waals surface area (Å²) in [4.78, 5) is 29.8. The topological polar surface area (TPSA) is 52.0 Å². The monoisotopic (exact) mass is 298 g/mol. The maximum atomic E-state index is 12.6. The maximum absolute atomic E-state index is 12.6. The fraction of sp³-hybridized carbons (Fsp3) is 0.188. The molecule has 0 aliphatic heterocycles. The van der Waals surface area contributed by atoms with E-state index in [0.717, 1.165) is 11.1 Å². The van der Waals surface area contributed by atoms with Gasteiger partial charge in [0, 0.05) is 0 Å². The van der Waals surface area contributed by atoms with Crippen LogP contribution in [-0.4, -0.2) is 15.3 Å². The molecule has 0 aliphatic carbocycles. The van der Waals surface area contributed by atoms with Gasteiger partial charge in [-0.3, -0.25) is 14.2 Å². The Balaban J connectivity index is 2.14. The standard InChI is InChI=1S/C16H14N2O2S/c1-10-13-15(21-14(10)11(2)19)17-9-18(16(13)20)8-12-6-4-3-5-7-12/h3-7,9H,8H2,1-2H3. The zero-order valence-corrected chi connectivity index (χ0v) is 12.6. The van der Waals surface area contributed by atoms with Gasteiger partial charge in [-0.2, -0.15) is 0 Å². The number of rotatable bonds is 3. The van der Waals surface area contributed by atoms with Crippen molar-refractivity contribution in [2.75, 3.05) is 0 Å². The quantitative estimate of drug-likeness (QED) is 0.698. The lowest BCUT2D eigenvalue weighted by atomic mass is 10.2. The largest absolute Gasteiger partial charge is 0.294 e. The van der Waals surface area contributed by atoms with Crippen LogP contribution in [0.15, 0.2) is 41.5 Å². The van der Waals surface area contributed by atoms with E-state index < -0.39 is 0 Å². The summed E-state index contributed by atoms with van der Waals surface area (Å²) in [5.74, 6) is -0.0236. The SMILES string of the molecule is CC(=O)c1sc2ncn(Cc3ccccc3)c(=O)c2c1C. The van der Waals surface area contributed by atoms with E-state index >= 15 is 0 Å². The van der Waals surface area contributed by atoms with Crippen LogP contribution in [0.5, 0.6) is 0 Å². The lowest BCUT2D eigenvalue weighted by molar-refractivity contribution is 0.102. The highest BCUT2D eigenvalue weighted by Gasteiger charge is 2.16. The average molecular weight is 298 g/mol. The Morgan fingerprint density at radius 1 is 1.29 bits per heavy atom. The summed E-state index contributed by atoms with van der Waals surface area (Å²) in [5.41, 5.74) is 1.69. The van der Waals surface area contributed by atoms with Gasteiger partial charge < -0.3 is 0 Å². The number of ketones is 1. The number of carbonyl (C=O) groups excluding carboxylic acids is 1. The zero-order valence-electron chi connectivity index (χ0n) is 11.8. The third kappa shape index (κ3) is 2.40. The van der Waals surface area contributed by atoms with Gasteiger partial charge in [-0.15, -0.1) is 11.3 Å². The molecular weight excluding hydrogens is 284 g/mol. The van der Waals surface area contributed by atoms with Crippen molar-refractivity contribution in [3.63, 3.8) is 0 Å². The van der Waals surface area contributed by atoms with Crippen molar-refractivity contribution in [1.29, 1.82) is 0 Å². The van der Waals surface area contributed by atoms with Crippen molar-refractivity contribution in [2.45, 2.75) is 20.4 Å². The van der Waals surface area contributed by atoms with Crippen molar-refractivity contribution in [2.24, 2.45) is 0 Å². The van der Waals surface area contributed by atoms with Crippen LogP contribution >= 0.6 is 11.3 Å². The molecule has 0 aliphatic rings. The summed E-state index contributed by atoms with van der Waals surface area (Å²) in [7, 11) is 0. The van der Waals surface area contributed by atoms with Crippen molar-refractivity contribution in [3.05, 3.63) is 63.0 Å². The second-order valence-corrected chi connectivity index (χ2v) is 5.95. The number of aromatic nitrogens is 2. The number of fused-ring (bicyclic) bond motifs is 1. The van der Waals surface area contributed by atoms with Crippen LogP contribution in [0, 0.1) is 6.92 Å². The molecule has 0 amide bonds. The van der Waals surface area contributed by atoms with Crippen LogP contribution in [0.4, 0.5) is 0 Å². The van der Waals surface area contributed by atoms with Gasteiger partial charge in [0.25, 0.3) is 5.56 Å².